The lowest BCUT2D eigenvalue weighted by atomic mass is 10.1. The lowest BCUT2D eigenvalue weighted by Gasteiger charge is -2.26. The van der Waals surface area contributed by atoms with Crippen molar-refractivity contribution < 1.29 is 9.47 Å². The van der Waals surface area contributed by atoms with Gasteiger partial charge in [0, 0.05) is 25.1 Å². The summed E-state index contributed by atoms with van der Waals surface area (Å²) in [6, 6.07) is 0. The Morgan fingerprint density at radius 3 is 2.79 bits per heavy atom. The summed E-state index contributed by atoms with van der Waals surface area (Å²) in [4.78, 5) is 9.33. The van der Waals surface area contributed by atoms with E-state index in [0.717, 1.165) is 42.5 Å². The van der Waals surface area contributed by atoms with Crippen LogP contribution in [0.2, 0.25) is 0 Å². The number of hydrogen-bond donors (Lipinski definition) is 1. The molecule has 0 bridgehead atoms. The van der Waals surface area contributed by atoms with Crippen molar-refractivity contribution in [2.24, 2.45) is 0 Å². The van der Waals surface area contributed by atoms with E-state index in [1.807, 2.05) is 20.8 Å². The third kappa shape index (κ3) is 3.04. The fraction of sp³-hybridized carbons (Fsp3) is 0.714. The largest absolute Gasteiger partial charge is 0.376 e. The highest BCUT2D eigenvalue weighted by molar-refractivity contribution is 5.47. The molecule has 1 aromatic rings. The van der Waals surface area contributed by atoms with Crippen molar-refractivity contribution in [3.05, 3.63) is 17.1 Å². The van der Waals surface area contributed by atoms with Gasteiger partial charge in [0.2, 0.25) is 0 Å². The molecular weight excluding hydrogens is 242 g/mol. The first-order valence-electron chi connectivity index (χ1n) is 6.94. The Bertz CT molecular complexity index is 447. The Balaban J connectivity index is 2.43. The molecule has 0 fully saturated rings. The first-order chi connectivity index (χ1) is 9.08. The molecule has 0 saturated heterocycles. The number of anilines is 1. The second kappa shape index (κ2) is 5.84. The first-order valence-corrected chi connectivity index (χ1v) is 6.94. The van der Waals surface area contributed by atoms with Crippen LogP contribution in [-0.4, -0.2) is 29.7 Å². The molecule has 1 aromatic heterocycles. The third-order valence-electron chi connectivity index (χ3n) is 3.21. The monoisotopic (exact) mass is 265 g/mol. The zero-order chi connectivity index (χ0) is 13.9. The van der Waals surface area contributed by atoms with Crippen molar-refractivity contribution in [2.45, 2.75) is 46.3 Å². The molecule has 0 radical (unpaired) electrons. The predicted octanol–water partition coefficient (Wildman–Crippen LogP) is 2.25. The minimum Gasteiger partial charge on any atom is -0.376 e. The van der Waals surface area contributed by atoms with Crippen LogP contribution in [0.4, 0.5) is 5.82 Å². The number of nitrogens with one attached hydrogen (secondary N) is 1. The first kappa shape index (κ1) is 14.2. The van der Waals surface area contributed by atoms with E-state index < -0.39 is 5.60 Å². The van der Waals surface area contributed by atoms with Crippen LogP contribution in [0.1, 0.15) is 44.8 Å². The molecule has 0 unspecified atom stereocenters. The fourth-order valence-corrected chi connectivity index (χ4v) is 2.24. The number of ether oxygens (including phenoxy) is 2. The summed E-state index contributed by atoms with van der Waals surface area (Å²) < 4.78 is 11.3. The number of rotatable bonds is 5. The van der Waals surface area contributed by atoms with Crippen LogP contribution in [0.5, 0.6) is 0 Å². The topological polar surface area (TPSA) is 56.3 Å². The Hall–Kier alpha value is -1.20. The summed E-state index contributed by atoms with van der Waals surface area (Å²) in [7, 11) is 0. The van der Waals surface area contributed by atoms with E-state index in [0.29, 0.717) is 13.2 Å². The Morgan fingerprint density at radius 1 is 1.32 bits per heavy atom. The molecule has 1 aliphatic heterocycles. The van der Waals surface area contributed by atoms with Gasteiger partial charge in [0.05, 0.1) is 18.9 Å². The molecule has 5 heteroatoms. The van der Waals surface area contributed by atoms with Crippen molar-refractivity contribution in [1.29, 1.82) is 0 Å². The summed E-state index contributed by atoms with van der Waals surface area (Å²) in [5.74, 6) is 1.63. The van der Waals surface area contributed by atoms with E-state index in [4.69, 9.17) is 14.5 Å². The normalized spacial score (nSPS) is 15.2. The van der Waals surface area contributed by atoms with Crippen LogP contribution < -0.4 is 5.32 Å². The zero-order valence-corrected chi connectivity index (χ0v) is 12.2. The van der Waals surface area contributed by atoms with Gasteiger partial charge in [0.1, 0.15) is 11.4 Å². The number of nitrogens with zero attached hydrogens (tertiary/aromatic N) is 2. The molecule has 5 nitrogen and oxygen atoms in total. The Kier molecular flexibility index (Phi) is 4.37. The molecule has 1 aliphatic rings. The minimum absolute atomic E-state index is 0.466. The average molecular weight is 265 g/mol. The van der Waals surface area contributed by atoms with Gasteiger partial charge in [-0.15, -0.1) is 0 Å². The lowest BCUT2D eigenvalue weighted by molar-refractivity contribution is -0.0211. The molecule has 0 saturated carbocycles. The van der Waals surface area contributed by atoms with Crippen LogP contribution >= 0.6 is 0 Å². The summed E-state index contributed by atoms with van der Waals surface area (Å²) in [6.07, 6.45) is 0.839. The standard InChI is InChI=1S/C14H23N3O2/c1-5-15-12-10-9-18-8-7-11(10)16-13(17-12)14(3,4)19-6-2/h5-9H2,1-4H3,(H,15,16,17). The maximum absolute atomic E-state index is 5.76. The predicted molar refractivity (Wildman–Crippen MR) is 74.2 cm³/mol. The van der Waals surface area contributed by atoms with Gasteiger partial charge < -0.3 is 14.8 Å². The van der Waals surface area contributed by atoms with Crippen LogP contribution in [-0.2, 0) is 28.1 Å². The Morgan fingerprint density at radius 2 is 2.11 bits per heavy atom. The smallest absolute Gasteiger partial charge is 0.162 e. The molecule has 2 heterocycles. The molecule has 19 heavy (non-hydrogen) atoms. The van der Waals surface area contributed by atoms with Gasteiger partial charge in [-0.3, -0.25) is 0 Å². The molecule has 0 aliphatic carbocycles. The quantitative estimate of drug-likeness (QED) is 0.885. The van der Waals surface area contributed by atoms with E-state index >= 15 is 0 Å². The van der Waals surface area contributed by atoms with Gasteiger partial charge in [-0.2, -0.15) is 0 Å². The van der Waals surface area contributed by atoms with E-state index in [-0.39, 0.29) is 0 Å². The zero-order valence-electron chi connectivity index (χ0n) is 12.2. The van der Waals surface area contributed by atoms with Crippen LogP contribution in [0.15, 0.2) is 0 Å². The third-order valence-corrected chi connectivity index (χ3v) is 3.21. The van der Waals surface area contributed by atoms with Crippen molar-refractivity contribution >= 4 is 5.82 Å². The van der Waals surface area contributed by atoms with Crippen LogP contribution in [0.3, 0.4) is 0 Å². The highest BCUT2D eigenvalue weighted by atomic mass is 16.5. The SMILES string of the molecule is CCNc1nc(C(C)(C)OCC)nc2c1COCC2. The van der Waals surface area contributed by atoms with E-state index in [1.165, 1.54) is 0 Å². The second-order valence-electron chi connectivity index (χ2n) is 5.10. The molecule has 0 aromatic carbocycles. The molecule has 0 spiro atoms. The number of fused-ring (bicyclic) bond motifs is 1. The second-order valence-corrected chi connectivity index (χ2v) is 5.10. The molecular formula is C14H23N3O2. The van der Waals surface area contributed by atoms with Gasteiger partial charge in [0.15, 0.2) is 5.82 Å². The van der Waals surface area contributed by atoms with Gasteiger partial charge >= 0.3 is 0 Å². The van der Waals surface area contributed by atoms with Gasteiger partial charge in [-0.25, -0.2) is 9.97 Å². The molecule has 0 amide bonds. The van der Waals surface area contributed by atoms with Crippen LogP contribution in [0, 0.1) is 0 Å². The molecule has 1 N–H and O–H groups in total. The lowest BCUT2D eigenvalue weighted by Crippen LogP contribution is -2.28. The minimum atomic E-state index is -0.466. The van der Waals surface area contributed by atoms with Gasteiger partial charge in [0.25, 0.3) is 0 Å². The highest BCUT2D eigenvalue weighted by Crippen LogP contribution is 2.28. The summed E-state index contributed by atoms with van der Waals surface area (Å²) >= 11 is 0. The summed E-state index contributed by atoms with van der Waals surface area (Å²) in [5.41, 5.74) is 1.70. The average Bonchev–Trinajstić information content (AvgIpc) is 2.39. The fourth-order valence-electron chi connectivity index (χ4n) is 2.24. The molecule has 0 atom stereocenters. The molecule has 106 valence electrons. The maximum Gasteiger partial charge on any atom is 0.162 e. The van der Waals surface area contributed by atoms with E-state index in [2.05, 4.69) is 17.2 Å². The maximum atomic E-state index is 5.76. The Labute approximate surface area is 114 Å². The van der Waals surface area contributed by atoms with Crippen LogP contribution in [0.25, 0.3) is 0 Å². The summed E-state index contributed by atoms with van der Waals surface area (Å²) in [5, 5.41) is 3.30. The van der Waals surface area contributed by atoms with Crippen molar-refractivity contribution in [3.63, 3.8) is 0 Å². The van der Waals surface area contributed by atoms with Gasteiger partial charge in [-0.1, -0.05) is 0 Å². The number of hydrogen-bond acceptors (Lipinski definition) is 5. The van der Waals surface area contributed by atoms with Crippen molar-refractivity contribution in [1.82, 2.24) is 9.97 Å². The highest BCUT2D eigenvalue weighted by Gasteiger charge is 2.28. The van der Waals surface area contributed by atoms with E-state index in [9.17, 15) is 0 Å². The van der Waals surface area contributed by atoms with Crippen molar-refractivity contribution in [2.75, 3.05) is 25.1 Å². The van der Waals surface area contributed by atoms with Crippen molar-refractivity contribution in [3.8, 4) is 0 Å². The summed E-state index contributed by atoms with van der Waals surface area (Å²) in [6.45, 7) is 10.9. The van der Waals surface area contributed by atoms with E-state index in [1.54, 1.807) is 0 Å². The van der Waals surface area contributed by atoms with Gasteiger partial charge in [-0.05, 0) is 27.7 Å². The molecule has 2 rings (SSSR count). The number of aromatic nitrogens is 2.